The number of thiophene rings is 1. The number of hydrogen-bond donors (Lipinski definition) is 1. The Morgan fingerprint density at radius 1 is 1.39 bits per heavy atom. The van der Waals surface area contributed by atoms with Gasteiger partial charge in [0.25, 0.3) is 0 Å². The smallest absolute Gasteiger partial charge is 0.338 e. The Balaban J connectivity index is 1.93. The maximum atomic E-state index is 10.8. The highest BCUT2D eigenvalue weighted by Gasteiger charge is 2.08. The Morgan fingerprint density at radius 3 is 3.00 bits per heavy atom. The number of hydrogen-bond acceptors (Lipinski definition) is 3. The van der Waals surface area contributed by atoms with Crippen LogP contribution in [-0.4, -0.2) is 20.9 Å². The predicted octanol–water partition coefficient (Wildman–Crippen LogP) is 2.84. The van der Waals surface area contributed by atoms with E-state index in [1.54, 1.807) is 22.2 Å². The zero-order valence-electron chi connectivity index (χ0n) is 9.41. The molecule has 0 aliphatic rings. The molecule has 0 saturated heterocycles. The minimum Gasteiger partial charge on any atom is -0.478 e. The molecule has 0 unspecified atom stereocenters. The summed E-state index contributed by atoms with van der Waals surface area (Å²) in [6, 6.07) is 8.17. The van der Waals surface area contributed by atoms with Crippen molar-refractivity contribution in [3.05, 3.63) is 53.2 Å². The second-order valence-corrected chi connectivity index (χ2v) is 4.90. The summed E-state index contributed by atoms with van der Waals surface area (Å²) in [5, 5.41) is 16.2. The third kappa shape index (κ3) is 1.89. The van der Waals surface area contributed by atoms with Crippen LogP contribution in [-0.2, 0) is 6.54 Å². The van der Waals surface area contributed by atoms with Crippen LogP contribution in [0, 0.1) is 0 Å². The van der Waals surface area contributed by atoms with Gasteiger partial charge in [0, 0.05) is 10.9 Å². The fourth-order valence-corrected chi connectivity index (χ4v) is 2.84. The van der Waals surface area contributed by atoms with Crippen molar-refractivity contribution in [2.75, 3.05) is 0 Å². The van der Waals surface area contributed by atoms with Crippen LogP contribution < -0.4 is 0 Å². The number of nitrogens with zero attached hydrogens (tertiary/aromatic N) is 2. The van der Waals surface area contributed by atoms with E-state index in [0.717, 1.165) is 5.56 Å². The monoisotopic (exact) mass is 258 g/mol. The average Bonchev–Trinajstić information content (AvgIpc) is 2.98. The topological polar surface area (TPSA) is 55.1 Å². The van der Waals surface area contributed by atoms with Gasteiger partial charge in [-0.05, 0) is 22.4 Å². The van der Waals surface area contributed by atoms with E-state index in [9.17, 15) is 4.79 Å². The highest BCUT2D eigenvalue weighted by molar-refractivity contribution is 7.17. The van der Waals surface area contributed by atoms with Gasteiger partial charge in [0.2, 0.25) is 0 Å². The molecule has 0 aliphatic carbocycles. The Morgan fingerprint density at radius 2 is 2.22 bits per heavy atom. The molecule has 0 atom stereocenters. The fraction of sp³-hybridized carbons (Fsp3) is 0.0769. The van der Waals surface area contributed by atoms with Gasteiger partial charge in [0.1, 0.15) is 0 Å². The number of carboxylic acids is 1. The van der Waals surface area contributed by atoms with Gasteiger partial charge < -0.3 is 5.11 Å². The molecule has 0 spiro atoms. The maximum Gasteiger partial charge on any atom is 0.338 e. The van der Waals surface area contributed by atoms with Gasteiger partial charge in [-0.15, -0.1) is 11.3 Å². The summed E-state index contributed by atoms with van der Waals surface area (Å²) >= 11 is 1.69. The maximum absolute atomic E-state index is 10.8. The zero-order chi connectivity index (χ0) is 12.5. The first-order chi connectivity index (χ1) is 8.74. The fourth-order valence-electron chi connectivity index (χ4n) is 1.89. The lowest BCUT2D eigenvalue weighted by Crippen LogP contribution is -1.99. The van der Waals surface area contributed by atoms with E-state index in [4.69, 9.17) is 5.11 Å². The summed E-state index contributed by atoms with van der Waals surface area (Å²) in [5.41, 5.74) is 1.38. The molecule has 90 valence electrons. The molecule has 4 nitrogen and oxygen atoms in total. The molecule has 0 bridgehead atoms. The van der Waals surface area contributed by atoms with Gasteiger partial charge >= 0.3 is 5.97 Å². The summed E-state index contributed by atoms with van der Waals surface area (Å²) in [5.74, 6) is -0.948. The van der Waals surface area contributed by atoms with Crippen molar-refractivity contribution < 1.29 is 9.90 Å². The molecule has 2 aromatic heterocycles. The van der Waals surface area contributed by atoms with E-state index in [-0.39, 0.29) is 5.56 Å². The van der Waals surface area contributed by atoms with Crippen LogP contribution in [0.4, 0.5) is 0 Å². The first-order valence-corrected chi connectivity index (χ1v) is 6.33. The second-order valence-electron chi connectivity index (χ2n) is 3.99. The largest absolute Gasteiger partial charge is 0.478 e. The highest BCUT2D eigenvalue weighted by Crippen LogP contribution is 2.26. The van der Waals surface area contributed by atoms with Gasteiger partial charge in [-0.1, -0.05) is 18.2 Å². The number of fused-ring (bicyclic) bond motifs is 1. The molecular formula is C13H10N2O2S. The predicted molar refractivity (Wildman–Crippen MR) is 70.1 cm³/mol. The van der Waals surface area contributed by atoms with Crippen molar-refractivity contribution in [1.29, 1.82) is 0 Å². The molecule has 0 aliphatic heterocycles. The van der Waals surface area contributed by atoms with Gasteiger partial charge in [-0.2, -0.15) is 5.10 Å². The summed E-state index contributed by atoms with van der Waals surface area (Å²) in [6.07, 6.45) is 2.92. The summed E-state index contributed by atoms with van der Waals surface area (Å²) in [7, 11) is 0. The van der Waals surface area contributed by atoms with Gasteiger partial charge in [-0.25, -0.2) is 4.79 Å². The molecule has 1 aromatic carbocycles. The van der Waals surface area contributed by atoms with E-state index < -0.39 is 5.97 Å². The Hall–Kier alpha value is -2.14. The van der Waals surface area contributed by atoms with Crippen molar-refractivity contribution in [2.24, 2.45) is 0 Å². The molecule has 3 rings (SSSR count). The first-order valence-electron chi connectivity index (χ1n) is 5.45. The summed E-state index contributed by atoms with van der Waals surface area (Å²) in [4.78, 5) is 10.8. The highest BCUT2D eigenvalue weighted by atomic mass is 32.1. The van der Waals surface area contributed by atoms with E-state index in [0.29, 0.717) is 6.54 Å². The van der Waals surface area contributed by atoms with Crippen LogP contribution in [0.2, 0.25) is 0 Å². The lowest BCUT2D eigenvalue weighted by atomic mass is 10.2. The van der Waals surface area contributed by atoms with Crippen LogP contribution >= 0.6 is 11.3 Å². The summed E-state index contributed by atoms with van der Waals surface area (Å²) in [6.45, 7) is 0.595. The van der Waals surface area contributed by atoms with Gasteiger partial charge in [0.15, 0.2) is 0 Å². The third-order valence-corrected chi connectivity index (χ3v) is 3.79. The lowest BCUT2D eigenvalue weighted by Gasteiger charge is -1.99. The van der Waals surface area contributed by atoms with Crippen LogP contribution in [0.25, 0.3) is 10.1 Å². The van der Waals surface area contributed by atoms with Crippen LogP contribution in [0.15, 0.2) is 42.0 Å². The number of aromatic nitrogens is 2. The Kier molecular flexibility index (Phi) is 2.60. The van der Waals surface area contributed by atoms with Crippen molar-refractivity contribution in [2.45, 2.75) is 6.54 Å². The van der Waals surface area contributed by atoms with Gasteiger partial charge in [0.05, 0.1) is 18.3 Å². The summed E-state index contributed by atoms with van der Waals surface area (Å²) < 4.78 is 2.89. The van der Waals surface area contributed by atoms with Crippen LogP contribution in [0.5, 0.6) is 0 Å². The number of carboxylic acid groups (broad SMARTS) is 1. The zero-order valence-corrected chi connectivity index (χ0v) is 10.2. The quantitative estimate of drug-likeness (QED) is 0.786. The Labute approximate surface area is 107 Å². The van der Waals surface area contributed by atoms with E-state index >= 15 is 0 Å². The first kappa shape index (κ1) is 11.0. The molecular weight excluding hydrogens is 248 g/mol. The lowest BCUT2D eigenvalue weighted by molar-refractivity contribution is 0.0697. The van der Waals surface area contributed by atoms with Crippen LogP contribution in [0.1, 0.15) is 15.9 Å². The van der Waals surface area contributed by atoms with Crippen molar-refractivity contribution in [1.82, 2.24) is 9.78 Å². The molecule has 18 heavy (non-hydrogen) atoms. The minimum absolute atomic E-state index is 0.217. The molecule has 0 saturated carbocycles. The number of rotatable bonds is 3. The second kappa shape index (κ2) is 4.27. The average molecular weight is 258 g/mol. The number of carbonyl (C=O) groups is 1. The Bertz CT molecular complexity index is 714. The van der Waals surface area contributed by atoms with E-state index in [1.807, 2.05) is 12.1 Å². The minimum atomic E-state index is -0.948. The molecule has 0 fully saturated rings. The van der Waals surface area contributed by atoms with E-state index in [2.05, 4.69) is 22.6 Å². The number of aromatic carboxylic acids is 1. The molecule has 2 heterocycles. The molecule has 0 amide bonds. The van der Waals surface area contributed by atoms with E-state index in [1.165, 1.54) is 16.3 Å². The number of benzene rings is 1. The molecule has 5 heteroatoms. The molecule has 1 N–H and O–H groups in total. The van der Waals surface area contributed by atoms with Crippen LogP contribution in [0.3, 0.4) is 0 Å². The standard InChI is InChI=1S/C13H10N2O2S/c16-13(17)9-5-14-15(6-9)7-10-8-18-12-4-2-1-3-11(10)12/h1-6,8H,7H2,(H,16,17). The van der Waals surface area contributed by atoms with Crippen molar-refractivity contribution in [3.63, 3.8) is 0 Å². The normalized spacial score (nSPS) is 10.9. The SMILES string of the molecule is O=C(O)c1cnn(Cc2csc3ccccc23)c1. The third-order valence-electron chi connectivity index (χ3n) is 2.77. The molecule has 3 aromatic rings. The molecule has 0 radical (unpaired) electrons. The van der Waals surface area contributed by atoms with Gasteiger partial charge in [-0.3, -0.25) is 4.68 Å². The van der Waals surface area contributed by atoms with Crippen molar-refractivity contribution >= 4 is 27.4 Å². The van der Waals surface area contributed by atoms with Crippen molar-refractivity contribution in [3.8, 4) is 0 Å².